The Bertz CT molecular complexity index is 297. The average Bonchev–Trinajstić information content (AvgIpc) is 2.09. The summed E-state index contributed by atoms with van der Waals surface area (Å²) >= 11 is 0. The standard InChI is InChI=1S/C7H10N4O/c1-5-6(3-2-4-9-5)10-7(8)11-12/h2-4,12H,1H3,(H3,8,10,11). The van der Waals surface area contributed by atoms with Gasteiger partial charge in [-0.05, 0) is 19.1 Å². The first kappa shape index (κ1) is 8.48. The van der Waals surface area contributed by atoms with Crippen molar-refractivity contribution in [2.24, 2.45) is 10.7 Å². The first-order chi connectivity index (χ1) is 5.74. The number of aromatic nitrogens is 1. The van der Waals surface area contributed by atoms with Gasteiger partial charge < -0.3 is 5.73 Å². The van der Waals surface area contributed by atoms with Crippen LogP contribution in [-0.2, 0) is 0 Å². The predicted octanol–water partition coefficient (Wildman–Crippen LogP) is 0.315. The number of aryl methyl sites for hydroxylation is 1. The Labute approximate surface area is 69.9 Å². The van der Waals surface area contributed by atoms with Gasteiger partial charge in [0.15, 0.2) is 0 Å². The van der Waals surface area contributed by atoms with Crippen molar-refractivity contribution in [3.63, 3.8) is 0 Å². The van der Waals surface area contributed by atoms with Crippen LogP contribution in [0.1, 0.15) is 5.69 Å². The topological polar surface area (TPSA) is 83.5 Å². The Morgan fingerprint density at radius 1 is 1.75 bits per heavy atom. The molecule has 0 unspecified atom stereocenters. The molecule has 4 N–H and O–H groups in total. The van der Waals surface area contributed by atoms with Crippen LogP contribution in [0.5, 0.6) is 0 Å². The highest BCUT2D eigenvalue weighted by atomic mass is 16.5. The van der Waals surface area contributed by atoms with E-state index in [9.17, 15) is 0 Å². The van der Waals surface area contributed by atoms with E-state index < -0.39 is 0 Å². The van der Waals surface area contributed by atoms with Gasteiger partial charge in [0.25, 0.3) is 0 Å². The lowest BCUT2D eigenvalue weighted by Gasteiger charge is -1.99. The molecule has 64 valence electrons. The maximum absolute atomic E-state index is 8.36. The Balaban J connectivity index is 2.96. The molecule has 1 heterocycles. The Hall–Kier alpha value is -1.62. The third-order valence-electron chi connectivity index (χ3n) is 1.33. The van der Waals surface area contributed by atoms with E-state index in [1.165, 1.54) is 0 Å². The number of nitrogens with zero attached hydrogens (tertiary/aromatic N) is 2. The number of hydrogen-bond acceptors (Lipinski definition) is 3. The molecule has 0 atom stereocenters. The van der Waals surface area contributed by atoms with Crippen molar-refractivity contribution >= 4 is 11.6 Å². The largest absolute Gasteiger partial charge is 0.368 e. The van der Waals surface area contributed by atoms with Gasteiger partial charge in [0.1, 0.15) is 0 Å². The van der Waals surface area contributed by atoms with Gasteiger partial charge in [-0.15, -0.1) is 0 Å². The molecular formula is C7H10N4O. The van der Waals surface area contributed by atoms with Crippen LogP contribution in [0.2, 0.25) is 0 Å². The van der Waals surface area contributed by atoms with Crippen molar-refractivity contribution in [3.8, 4) is 0 Å². The second kappa shape index (κ2) is 3.68. The molecule has 12 heavy (non-hydrogen) atoms. The third kappa shape index (κ3) is 1.93. The molecule has 0 fully saturated rings. The van der Waals surface area contributed by atoms with E-state index in [1.54, 1.807) is 23.8 Å². The molecule has 0 saturated heterocycles. The lowest BCUT2D eigenvalue weighted by Crippen LogP contribution is -2.27. The second-order valence-corrected chi connectivity index (χ2v) is 2.22. The zero-order valence-electron chi connectivity index (χ0n) is 6.65. The summed E-state index contributed by atoms with van der Waals surface area (Å²) in [5.74, 6) is -0.0499. The molecule has 5 nitrogen and oxygen atoms in total. The second-order valence-electron chi connectivity index (χ2n) is 2.22. The summed E-state index contributed by atoms with van der Waals surface area (Å²) in [5, 5.41) is 8.36. The molecular weight excluding hydrogens is 156 g/mol. The van der Waals surface area contributed by atoms with Crippen LogP contribution in [0.25, 0.3) is 0 Å². The monoisotopic (exact) mass is 166 g/mol. The number of guanidine groups is 1. The van der Waals surface area contributed by atoms with Crippen molar-refractivity contribution in [1.29, 1.82) is 0 Å². The van der Waals surface area contributed by atoms with E-state index in [0.29, 0.717) is 5.69 Å². The molecule has 1 aromatic rings. The van der Waals surface area contributed by atoms with Gasteiger partial charge in [0.05, 0.1) is 11.4 Å². The minimum atomic E-state index is -0.0499. The summed E-state index contributed by atoms with van der Waals surface area (Å²) in [4.78, 5) is 7.84. The molecule has 0 aromatic carbocycles. The Morgan fingerprint density at radius 3 is 3.08 bits per heavy atom. The molecule has 1 aromatic heterocycles. The molecule has 0 aliphatic rings. The minimum absolute atomic E-state index is 0.0499. The number of rotatable bonds is 1. The summed E-state index contributed by atoms with van der Waals surface area (Å²) in [7, 11) is 0. The Morgan fingerprint density at radius 2 is 2.50 bits per heavy atom. The highest BCUT2D eigenvalue weighted by Crippen LogP contribution is 2.13. The molecule has 0 radical (unpaired) electrons. The third-order valence-corrected chi connectivity index (χ3v) is 1.33. The van der Waals surface area contributed by atoms with Gasteiger partial charge >= 0.3 is 0 Å². The van der Waals surface area contributed by atoms with E-state index in [1.807, 2.05) is 6.92 Å². The lowest BCUT2D eigenvalue weighted by atomic mass is 10.3. The molecule has 0 aliphatic carbocycles. The van der Waals surface area contributed by atoms with Gasteiger partial charge in [-0.2, -0.15) is 0 Å². The van der Waals surface area contributed by atoms with Crippen LogP contribution in [0.15, 0.2) is 23.3 Å². The summed E-state index contributed by atoms with van der Waals surface area (Å²) in [6.07, 6.45) is 1.66. The first-order valence-electron chi connectivity index (χ1n) is 3.40. The molecule has 0 aliphatic heterocycles. The number of pyridine rings is 1. The van der Waals surface area contributed by atoms with Crippen LogP contribution < -0.4 is 11.2 Å². The number of aliphatic imine (C=N–C) groups is 1. The van der Waals surface area contributed by atoms with Crippen LogP contribution in [0.3, 0.4) is 0 Å². The van der Waals surface area contributed by atoms with Crippen LogP contribution >= 0.6 is 0 Å². The highest BCUT2D eigenvalue weighted by Gasteiger charge is 1.95. The number of hydroxylamine groups is 1. The van der Waals surface area contributed by atoms with E-state index in [0.717, 1.165) is 5.69 Å². The smallest absolute Gasteiger partial charge is 0.218 e. The fourth-order valence-electron chi connectivity index (χ4n) is 0.749. The fraction of sp³-hybridized carbons (Fsp3) is 0.143. The number of nitrogens with one attached hydrogen (secondary N) is 1. The summed E-state index contributed by atoms with van der Waals surface area (Å²) in [6, 6.07) is 3.50. The van der Waals surface area contributed by atoms with Crippen molar-refractivity contribution < 1.29 is 5.21 Å². The van der Waals surface area contributed by atoms with Gasteiger partial charge in [-0.1, -0.05) is 0 Å². The zero-order valence-corrected chi connectivity index (χ0v) is 6.65. The van der Waals surface area contributed by atoms with Gasteiger partial charge in [-0.25, -0.2) is 10.5 Å². The molecule has 0 saturated carbocycles. The SMILES string of the molecule is Cc1ncccc1N=C(N)NO. The molecule has 0 bridgehead atoms. The van der Waals surface area contributed by atoms with Crippen LogP contribution in [0, 0.1) is 6.92 Å². The lowest BCUT2D eigenvalue weighted by molar-refractivity contribution is 0.233. The van der Waals surface area contributed by atoms with Crippen molar-refractivity contribution in [2.45, 2.75) is 6.92 Å². The normalized spacial score (nSPS) is 11.3. The average molecular weight is 166 g/mol. The number of hydrogen-bond donors (Lipinski definition) is 3. The van der Waals surface area contributed by atoms with Gasteiger partial charge in [0, 0.05) is 6.20 Å². The summed E-state index contributed by atoms with van der Waals surface area (Å²) < 4.78 is 0. The maximum atomic E-state index is 8.36. The molecule has 0 amide bonds. The van der Waals surface area contributed by atoms with E-state index in [2.05, 4.69) is 9.98 Å². The summed E-state index contributed by atoms with van der Waals surface area (Å²) in [6.45, 7) is 1.81. The zero-order chi connectivity index (χ0) is 8.97. The number of nitrogens with two attached hydrogens (primary N) is 1. The highest BCUT2D eigenvalue weighted by molar-refractivity contribution is 5.79. The quantitative estimate of drug-likeness (QED) is 0.318. The van der Waals surface area contributed by atoms with E-state index in [-0.39, 0.29) is 5.96 Å². The van der Waals surface area contributed by atoms with Crippen molar-refractivity contribution in [2.75, 3.05) is 0 Å². The van der Waals surface area contributed by atoms with Crippen LogP contribution in [0.4, 0.5) is 5.69 Å². The van der Waals surface area contributed by atoms with Gasteiger partial charge in [-0.3, -0.25) is 10.2 Å². The van der Waals surface area contributed by atoms with E-state index in [4.69, 9.17) is 10.9 Å². The molecule has 0 spiro atoms. The Kier molecular flexibility index (Phi) is 2.60. The van der Waals surface area contributed by atoms with Crippen molar-refractivity contribution in [1.82, 2.24) is 10.5 Å². The summed E-state index contributed by atoms with van der Waals surface area (Å²) in [5.41, 5.74) is 8.37. The minimum Gasteiger partial charge on any atom is -0.368 e. The van der Waals surface area contributed by atoms with Gasteiger partial charge in [0.2, 0.25) is 5.96 Å². The first-order valence-corrected chi connectivity index (χ1v) is 3.40. The van der Waals surface area contributed by atoms with E-state index >= 15 is 0 Å². The maximum Gasteiger partial charge on any atom is 0.218 e. The predicted molar refractivity (Wildman–Crippen MR) is 45.2 cm³/mol. The molecule has 5 heteroatoms. The van der Waals surface area contributed by atoms with Crippen molar-refractivity contribution in [3.05, 3.63) is 24.0 Å². The fourth-order valence-corrected chi connectivity index (χ4v) is 0.749. The molecule has 1 rings (SSSR count). The van der Waals surface area contributed by atoms with Crippen LogP contribution in [-0.4, -0.2) is 16.2 Å².